The number of rotatable bonds is 2. The van der Waals surface area contributed by atoms with E-state index < -0.39 is 0 Å². The van der Waals surface area contributed by atoms with Crippen molar-refractivity contribution in [1.29, 1.82) is 0 Å². The number of hydrogen-bond donors (Lipinski definition) is 0. The zero-order valence-electron chi connectivity index (χ0n) is 9.63. The lowest BCUT2D eigenvalue weighted by atomic mass is 10.2. The van der Waals surface area contributed by atoms with Crippen LogP contribution in [0.4, 0.5) is 10.7 Å². The van der Waals surface area contributed by atoms with Gasteiger partial charge >= 0.3 is 0 Å². The first-order valence-corrected chi connectivity index (χ1v) is 6.43. The highest BCUT2D eigenvalue weighted by Crippen LogP contribution is 2.35. The highest BCUT2D eigenvalue weighted by molar-refractivity contribution is 7.22. The van der Waals surface area contributed by atoms with E-state index in [-0.39, 0.29) is 0 Å². The molecule has 0 bridgehead atoms. The summed E-state index contributed by atoms with van der Waals surface area (Å²) in [6.07, 6.45) is 0. The summed E-state index contributed by atoms with van der Waals surface area (Å²) in [7, 11) is 2.11. The van der Waals surface area contributed by atoms with Gasteiger partial charge < -0.3 is 4.90 Å². The molecule has 0 saturated heterocycles. The van der Waals surface area contributed by atoms with E-state index in [4.69, 9.17) is 0 Å². The summed E-state index contributed by atoms with van der Waals surface area (Å²) in [5.41, 5.74) is 1.22. The molecule has 0 radical (unpaired) electrons. The molecule has 0 saturated carbocycles. The second kappa shape index (κ2) is 4.22. The van der Waals surface area contributed by atoms with Crippen molar-refractivity contribution in [2.24, 2.45) is 0 Å². The van der Waals surface area contributed by atoms with Crippen LogP contribution in [-0.4, -0.2) is 7.05 Å². The summed E-state index contributed by atoms with van der Waals surface area (Å²) in [6, 6.07) is 21.2. The second-order valence-electron chi connectivity index (χ2n) is 4.02. The molecule has 84 valence electrons. The molecular weight excluding hydrogens is 226 g/mol. The van der Waals surface area contributed by atoms with Crippen molar-refractivity contribution >= 4 is 32.1 Å². The Labute approximate surface area is 105 Å². The van der Waals surface area contributed by atoms with E-state index in [2.05, 4.69) is 66.5 Å². The fourth-order valence-electron chi connectivity index (χ4n) is 1.91. The van der Waals surface area contributed by atoms with Gasteiger partial charge in [0.15, 0.2) is 0 Å². The highest BCUT2D eigenvalue weighted by atomic mass is 32.1. The van der Waals surface area contributed by atoms with Gasteiger partial charge in [-0.25, -0.2) is 0 Å². The van der Waals surface area contributed by atoms with E-state index in [0.29, 0.717) is 0 Å². The molecule has 3 rings (SSSR count). The predicted octanol–water partition coefficient (Wildman–Crippen LogP) is 4.67. The maximum absolute atomic E-state index is 2.24. The van der Waals surface area contributed by atoms with Gasteiger partial charge in [-0.2, -0.15) is 0 Å². The van der Waals surface area contributed by atoms with Gasteiger partial charge in [0.05, 0.1) is 5.00 Å². The molecule has 0 spiro atoms. The number of hydrogen-bond acceptors (Lipinski definition) is 2. The van der Waals surface area contributed by atoms with Gasteiger partial charge in [0.25, 0.3) is 0 Å². The predicted molar refractivity (Wildman–Crippen MR) is 76.3 cm³/mol. The Morgan fingerprint density at radius 1 is 0.882 bits per heavy atom. The normalized spacial score (nSPS) is 10.6. The van der Waals surface area contributed by atoms with Crippen LogP contribution in [0, 0.1) is 0 Å². The number of nitrogens with zero attached hydrogens (tertiary/aromatic N) is 1. The molecule has 0 amide bonds. The van der Waals surface area contributed by atoms with Crippen LogP contribution in [0.3, 0.4) is 0 Å². The summed E-state index contributed by atoms with van der Waals surface area (Å²) < 4.78 is 1.34. The number of para-hydroxylation sites is 1. The molecule has 2 heteroatoms. The molecule has 1 nitrogen and oxygen atoms in total. The Balaban J connectivity index is 2.04. The third kappa shape index (κ3) is 1.92. The van der Waals surface area contributed by atoms with E-state index in [1.165, 1.54) is 20.8 Å². The summed E-state index contributed by atoms with van der Waals surface area (Å²) in [4.78, 5) is 2.23. The van der Waals surface area contributed by atoms with Crippen molar-refractivity contribution in [2.45, 2.75) is 0 Å². The monoisotopic (exact) mass is 239 g/mol. The van der Waals surface area contributed by atoms with Crippen molar-refractivity contribution in [3.63, 3.8) is 0 Å². The summed E-state index contributed by atoms with van der Waals surface area (Å²) in [6.45, 7) is 0. The Morgan fingerprint density at radius 3 is 2.35 bits per heavy atom. The van der Waals surface area contributed by atoms with Gasteiger partial charge in [0.1, 0.15) is 0 Å². The number of fused-ring (bicyclic) bond motifs is 1. The summed E-state index contributed by atoms with van der Waals surface area (Å²) >= 11 is 1.83. The SMILES string of the molecule is CN(c1ccccc1)c1cc2ccccc2s1. The van der Waals surface area contributed by atoms with Gasteiger partial charge in [-0.15, -0.1) is 11.3 Å². The molecule has 2 aromatic carbocycles. The Morgan fingerprint density at radius 2 is 1.59 bits per heavy atom. The minimum atomic E-state index is 1.22. The van der Waals surface area contributed by atoms with Crippen LogP contribution in [0.15, 0.2) is 60.7 Å². The maximum atomic E-state index is 2.24. The van der Waals surface area contributed by atoms with Gasteiger partial charge in [0.2, 0.25) is 0 Å². The molecule has 0 unspecified atom stereocenters. The smallest absolute Gasteiger partial charge is 0.0962 e. The first kappa shape index (κ1) is 10.4. The van der Waals surface area contributed by atoms with E-state index in [9.17, 15) is 0 Å². The van der Waals surface area contributed by atoms with Crippen molar-refractivity contribution in [2.75, 3.05) is 11.9 Å². The lowest BCUT2D eigenvalue weighted by molar-refractivity contribution is 1.24. The van der Waals surface area contributed by atoms with E-state index in [1.807, 2.05) is 17.4 Å². The molecular formula is C15H13NS. The van der Waals surface area contributed by atoms with Crippen molar-refractivity contribution in [1.82, 2.24) is 0 Å². The minimum absolute atomic E-state index is 1.22. The molecule has 0 aliphatic heterocycles. The summed E-state index contributed by atoms with van der Waals surface area (Å²) in [5.74, 6) is 0. The molecule has 17 heavy (non-hydrogen) atoms. The number of benzene rings is 2. The third-order valence-electron chi connectivity index (χ3n) is 2.89. The molecule has 0 N–H and O–H groups in total. The molecule has 1 aromatic heterocycles. The fourth-order valence-corrected chi connectivity index (χ4v) is 2.96. The molecule has 0 fully saturated rings. The van der Waals surface area contributed by atoms with Gasteiger partial charge in [-0.3, -0.25) is 0 Å². The topological polar surface area (TPSA) is 3.24 Å². The molecule has 0 atom stereocenters. The van der Waals surface area contributed by atoms with Crippen LogP contribution in [0.1, 0.15) is 0 Å². The van der Waals surface area contributed by atoms with Crippen LogP contribution in [0.25, 0.3) is 10.1 Å². The Hall–Kier alpha value is -1.80. The first-order chi connectivity index (χ1) is 8.34. The maximum Gasteiger partial charge on any atom is 0.0962 e. The van der Waals surface area contributed by atoms with Crippen LogP contribution in [0.5, 0.6) is 0 Å². The Bertz CT molecular complexity index is 594. The summed E-state index contributed by atoms with van der Waals surface area (Å²) in [5, 5.41) is 2.59. The number of thiophene rings is 1. The minimum Gasteiger partial charge on any atom is -0.336 e. The van der Waals surface area contributed by atoms with E-state index in [1.54, 1.807) is 0 Å². The van der Waals surface area contributed by atoms with E-state index in [0.717, 1.165) is 0 Å². The molecule has 0 aliphatic carbocycles. The van der Waals surface area contributed by atoms with Crippen LogP contribution >= 0.6 is 11.3 Å². The van der Waals surface area contributed by atoms with E-state index >= 15 is 0 Å². The van der Waals surface area contributed by atoms with Crippen LogP contribution in [-0.2, 0) is 0 Å². The van der Waals surface area contributed by atoms with Crippen molar-refractivity contribution in [3.8, 4) is 0 Å². The lowest BCUT2D eigenvalue weighted by Gasteiger charge is -2.16. The standard InChI is InChI=1S/C15H13NS/c1-16(13-8-3-2-4-9-13)15-11-12-7-5-6-10-14(12)17-15/h2-11H,1H3. The third-order valence-corrected chi connectivity index (χ3v) is 4.08. The average molecular weight is 239 g/mol. The van der Waals surface area contributed by atoms with Crippen LogP contribution < -0.4 is 4.90 Å². The zero-order chi connectivity index (χ0) is 11.7. The van der Waals surface area contributed by atoms with Crippen LogP contribution in [0.2, 0.25) is 0 Å². The van der Waals surface area contributed by atoms with Crippen molar-refractivity contribution < 1.29 is 0 Å². The molecule has 3 aromatic rings. The first-order valence-electron chi connectivity index (χ1n) is 5.62. The van der Waals surface area contributed by atoms with Gasteiger partial charge in [-0.1, -0.05) is 36.4 Å². The molecule has 0 aliphatic rings. The second-order valence-corrected chi connectivity index (χ2v) is 5.08. The zero-order valence-corrected chi connectivity index (χ0v) is 10.4. The molecule has 1 heterocycles. The van der Waals surface area contributed by atoms with Gasteiger partial charge in [0, 0.05) is 17.4 Å². The lowest BCUT2D eigenvalue weighted by Crippen LogP contribution is -2.06. The highest BCUT2D eigenvalue weighted by Gasteiger charge is 2.07. The van der Waals surface area contributed by atoms with Gasteiger partial charge in [-0.05, 0) is 29.7 Å². The van der Waals surface area contributed by atoms with Crippen molar-refractivity contribution in [3.05, 3.63) is 60.7 Å². The quantitative estimate of drug-likeness (QED) is 0.628. The Kier molecular flexibility index (Phi) is 2.57. The number of anilines is 2. The largest absolute Gasteiger partial charge is 0.336 e. The average Bonchev–Trinajstić information content (AvgIpc) is 2.82. The fraction of sp³-hybridized carbons (Fsp3) is 0.0667.